The Morgan fingerprint density at radius 2 is 1.68 bits per heavy atom. The van der Waals surface area contributed by atoms with E-state index in [1.54, 1.807) is 41.9 Å². The van der Waals surface area contributed by atoms with Gasteiger partial charge in [-0.25, -0.2) is 12.7 Å². The molecule has 2 aromatic carbocycles. The minimum atomic E-state index is -4.03. The molecule has 0 aliphatic carbocycles. The normalized spacial score (nSPS) is 17.4. The Hall–Kier alpha value is -3.13. The summed E-state index contributed by atoms with van der Waals surface area (Å²) in [6.07, 6.45) is 1.96. The number of rotatable bonds is 7. The summed E-state index contributed by atoms with van der Waals surface area (Å²) in [7, 11) is -2.28. The molecule has 1 aliphatic rings. The minimum Gasteiger partial charge on any atom is -0.356 e. The third-order valence-corrected chi connectivity index (χ3v) is 7.47. The third-order valence-electron chi connectivity index (χ3n) is 5.47. The number of unbranched alkanes of at least 4 members (excludes halogenated alkanes) is 1. The first kappa shape index (κ1) is 21.1. The standard InChI is InChI=1S/C23H26N4O3S/c1-3-4-15-24-23-25-22-19(26(23)2)20(28)21(18-13-9-6-10-14-18)31(29,30)27(22)16-17-11-7-5-8-12-17/h5-14,21H,3-4,15-16H2,1-2H3,(H,24,25). The Morgan fingerprint density at radius 1 is 1.03 bits per heavy atom. The zero-order valence-electron chi connectivity index (χ0n) is 17.7. The number of sulfonamides is 1. The van der Waals surface area contributed by atoms with E-state index in [1.165, 1.54) is 4.31 Å². The maximum atomic E-state index is 13.7. The van der Waals surface area contributed by atoms with Crippen molar-refractivity contribution in [3.8, 4) is 0 Å². The number of hydrogen-bond acceptors (Lipinski definition) is 5. The van der Waals surface area contributed by atoms with Gasteiger partial charge in [0.1, 0.15) is 5.69 Å². The SMILES string of the molecule is CCCCNc1nc2c(n1C)C(=O)C(c1ccccc1)S(=O)(=O)N2Cc1ccccc1. The van der Waals surface area contributed by atoms with Crippen molar-refractivity contribution in [2.75, 3.05) is 16.2 Å². The fraction of sp³-hybridized carbons (Fsp3) is 0.304. The zero-order chi connectivity index (χ0) is 22.0. The number of benzene rings is 2. The number of imidazole rings is 1. The summed E-state index contributed by atoms with van der Waals surface area (Å²) in [4.78, 5) is 18.1. The highest BCUT2D eigenvalue weighted by atomic mass is 32.2. The van der Waals surface area contributed by atoms with Crippen molar-refractivity contribution >= 4 is 27.6 Å². The summed E-state index contributed by atoms with van der Waals surface area (Å²) >= 11 is 0. The van der Waals surface area contributed by atoms with Crippen molar-refractivity contribution in [1.29, 1.82) is 0 Å². The van der Waals surface area contributed by atoms with Gasteiger partial charge in [-0.15, -0.1) is 0 Å². The first-order valence-electron chi connectivity index (χ1n) is 10.4. The highest BCUT2D eigenvalue weighted by Gasteiger charge is 2.48. The van der Waals surface area contributed by atoms with Crippen LogP contribution >= 0.6 is 0 Å². The lowest BCUT2D eigenvalue weighted by molar-refractivity contribution is 0.0977. The van der Waals surface area contributed by atoms with Gasteiger partial charge in [0.05, 0.1) is 6.54 Å². The summed E-state index contributed by atoms with van der Waals surface area (Å²) in [6.45, 7) is 2.90. The summed E-state index contributed by atoms with van der Waals surface area (Å²) in [6, 6.07) is 18.0. The van der Waals surface area contributed by atoms with Crippen molar-refractivity contribution < 1.29 is 13.2 Å². The molecule has 7 nitrogen and oxygen atoms in total. The highest BCUT2D eigenvalue weighted by molar-refractivity contribution is 7.93. The summed E-state index contributed by atoms with van der Waals surface area (Å²) in [5, 5.41) is 1.93. The van der Waals surface area contributed by atoms with Crippen molar-refractivity contribution in [2.45, 2.75) is 31.6 Å². The van der Waals surface area contributed by atoms with Crippen LogP contribution < -0.4 is 9.62 Å². The zero-order valence-corrected chi connectivity index (χ0v) is 18.5. The van der Waals surface area contributed by atoms with E-state index in [9.17, 15) is 13.2 Å². The highest BCUT2D eigenvalue weighted by Crippen LogP contribution is 2.41. The number of aromatic nitrogens is 2. The van der Waals surface area contributed by atoms with E-state index >= 15 is 0 Å². The molecule has 0 fully saturated rings. The molecule has 162 valence electrons. The Kier molecular flexibility index (Phi) is 5.82. The first-order chi connectivity index (χ1) is 14.9. The van der Waals surface area contributed by atoms with Gasteiger partial charge in [-0.3, -0.25) is 4.79 Å². The molecule has 0 amide bonds. The van der Waals surface area contributed by atoms with E-state index in [0.29, 0.717) is 23.8 Å². The molecule has 1 N–H and O–H groups in total. The van der Waals surface area contributed by atoms with E-state index in [2.05, 4.69) is 17.2 Å². The molecule has 8 heteroatoms. The van der Waals surface area contributed by atoms with Crippen LogP contribution in [0.1, 0.15) is 46.6 Å². The average Bonchev–Trinajstić information content (AvgIpc) is 3.09. The number of nitrogens with one attached hydrogen (secondary N) is 1. The molecule has 1 aliphatic heterocycles. The number of Topliss-reactive ketones (excluding diaryl/α,β-unsaturated/α-hetero) is 1. The maximum absolute atomic E-state index is 13.7. The fourth-order valence-electron chi connectivity index (χ4n) is 3.84. The van der Waals surface area contributed by atoms with E-state index in [4.69, 9.17) is 0 Å². The number of carbonyl (C=O) groups excluding carboxylic acids is 1. The summed E-state index contributed by atoms with van der Waals surface area (Å²) < 4.78 is 30.4. The molecular formula is C23H26N4O3S. The molecular weight excluding hydrogens is 412 g/mol. The largest absolute Gasteiger partial charge is 0.356 e. The Balaban J connectivity index is 1.86. The van der Waals surface area contributed by atoms with Crippen LogP contribution in [0.3, 0.4) is 0 Å². The minimum absolute atomic E-state index is 0.109. The van der Waals surface area contributed by atoms with Crippen LogP contribution in [0.25, 0.3) is 0 Å². The van der Waals surface area contributed by atoms with Crippen LogP contribution in [-0.2, 0) is 23.6 Å². The van der Waals surface area contributed by atoms with Crippen molar-refractivity contribution in [1.82, 2.24) is 9.55 Å². The van der Waals surface area contributed by atoms with Crippen LogP contribution in [0.4, 0.5) is 11.8 Å². The van der Waals surface area contributed by atoms with Crippen LogP contribution in [0, 0.1) is 0 Å². The Morgan fingerprint density at radius 3 is 2.32 bits per heavy atom. The number of hydrogen-bond donors (Lipinski definition) is 1. The smallest absolute Gasteiger partial charge is 0.251 e. The van der Waals surface area contributed by atoms with Crippen molar-refractivity contribution in [3.63, 3.8) is 0 Å². The lowest BCUT2D eigenvalue weighted by Gasteiger charge is -2.32. The molecule has 1 aromatic heterocycles. The van der Waals surface area contributed by atoms with Crippen LogP contribution in [0.2, 0.25) is 0 Å². The van der Waals surface area contributed by atoms with Gasteiger partial charge in [-0.2, -0.15) is 4.98 Å². The quantitative estimate of drug-likeness (QED) is 0.566. The molecule has 1 unspecified atom stereocenters. The van der Waals surface area contributed by atoms with Gasteiger partial charge in [-0.1, -0.05) is 74.0 Å². The van der Waals surface area contributed by atoms with E-state index in [1.807, 2.05) is 30.3 Å². The van der Waals surface area contributed by atoms with Gasteiger partial charge >= 0.3 is 0 Å². The number of carbonyl (C=O) groups is 1. The molecule has 31 heavy (non-hydrogen) atoms. The summed E-state index contributed by atoms with van der Waals surface area (Å²) in [5.41, 5.74) is 1.58. The second-order valence-electron chi connectivity index (χ2n) is 7.64. The number of nitrogens with zero attached hydrogens (tertiary/aromatic N) is 3. The molecule has 4 rings (SSSR count). The molecule has 0 bridgehead atoms. The van der Waals surface area contributed by atoms with Crippen LogP contribution in [0.15, 0.2) is 60.7 Å². The summed E-state index contributed by atoms with van der Waals surface area (Å²) in [5.74, 6) is 0.223. The monoisotopic (exact) mass is 438 g/mol. The molecule has 3 aromatic rings. The Bertz CT molecular complexity index is 1170. The second kappa shape index (κ2) is 8.55. The predicted molar refractivity (Wildman–Crippen MR) is 122 cm³/mol. The maximum Gasteiger partial charge on any atom is 0.251 e. The van der Waals surface area contributed by atoms with E-state index < -0.39 is 21.1 Å². The molecule has 0 radical (unpaired) electrons. The fourth-order valence-corrected chi connectivity index (χ4v) is 5.68. The number of anilines is 2. The molecule has 0 spiro atoms. The number of fused-ring (bicyclic) bond motifs is 1. The van der Waals surface area contributed by atoms with Gasteiger partial charge in [0.25, 0.3) is 10.0 Å². The average molecular weight is 439 g/mol. The van der Waals surface area contributed by atoms with Gasteiger partial charge < -0.3 is 9.88 Å². The molecule has 1 atom stereocenters. The molecule has 2 heterocycles. The van der Waals surface area contributed by atoms with Crippen LogP contribution in [0.5, 0.6) is 0 Å². The van der Waals surface area contributed by atoms with E-state index in [-0.39, 0.29) is 12.4 Å². The van der Waals surface area contributed by atoms with Gasteiger partial charge in [0.15, 0.2) is 11.1 Å². The third kappa shape index (κ3) is 3.83. The molecule has 0 saturated carbocycles. The predicted octanol–water partition coefficient (Wildman–Crippen LogP) is 3.91. The molecule has 0 saturated heterocycles. The second-order valence-corrected chi connectivity index (χ2v) is 9.58. The van der Waals surface area contributed by atoms with Gasteiger partial charge in [-0.05, 0) is 17.5 Å². The lowest BCUT2D eigenvalue weighted by Crippen LogP contribution is -2.43. The number of ketones is 1. The topological polar surface area (TPSA) is 84.3 Å². The van der Waals surface area contributed by atoms with Gasteiger partial charge in [0.2, 0.25) is 11.7 Å². The Labute approximate surface area is 182 Å². The van der Waals surface area contributed by atoms with Gasteiger partial charge in [0, 0.05) is 13.6 Å². The van der Waals surface area contributed by atoms with Crippen LogP contribution in [-0.4, -0.2) is 30.3 Å². The first-order valence-corrected chi connectivity index (χ1v) is 11.9. The van der Waals surface area contributed by atoms with Crippen molar-refractivity contribution in [2.24, 2.45) is 7.05 Å². The van der Waals surface area contributed by atoms with Crippen molar-refractivity contribution in [3.05, 3.63) is 77.5 Å². The lowest BCUT2D eigenvalue weighted by atomic mass is 10.1. The van der Waals surface area contributed by atoms with E-state index in [0.717, 1.165) is 18.4 Å².